The molecule has 1 saturated heterocycles. The highest BCUT2D eigenvalue weighted by Crippen LogP contribution is 2.38. The molecule has 1 aliphatic heterocycles. The Labute approximate surface area is 190 Å². The topological polar surface area (TPSA) is 113 Å². The molecule has 0 aromatic heterocycles. The number of nitrogens with zero attached hydrogens (tertiary/aromatic N) is 1. The summed E-state index contributed by atoms with van der Waals surface area (Å²) in [6.07, 6.45) is 6.77. The van der Waals surface area contributed by atoms with Crippen molar-refractivity contribution in [2.75, 3.05) is 19.7 Å². The molecule has 0 radical (unpaired) electrons. The second-order valence-corrected chi connectivity index (χ2v) is 9.39. The van der Waals surface area contributed by atoms with Crippen LogP contribution in [0.2, 0.25) is 0 Å². The van der Waals surface area contributed by atoms with E-state index in [2.05, 4.69) is 5.32 Å². The molecule has 1 unspecified atom stereocenters. The van der Waals surface area contributed by atoms with Gasteiger partial charge in [0.15, 0.2) is 0 Å². The smallest absolute Gasteiger partial charge is 0.235 e. The van der Waals surface area contributed by atoms with Crippen molar-refractivity contribution in [3.05, 3.63) is 35.9 Å². The molecule has 1 saturated carbocycles. The monoisotopic (exact) mass is 443 g/mol. The van der Waals surface area contributed by atoms with Gasteiger partial charge in [-0.2, -0.15) is 0 Å². The molecule has 0 bridgehead atoms. The molecule has 4 N–H and O–H groups in total. The standard InChI is InChI=1S/C25H37N3O4/c26-23(31)25(13-4-5-14-25)24(32)27-21(18-20-6-2-1-3-7-20)8-9-22(30)28-15-10-19(11-16-28)12-17-29/h1-3,6-7,19,21,29H,4-5,8-18H2,(H2,26,31)(H,27,32). The Morgan fingerprint density at radius 1 is 1.12 bits per heavy atom. The maximum Gasteiger partial charge on any atom is 0.235 e. The SMILES string of the molecule is NC(=O)C1(C(=O)NC(CCC(=O)N2CCC(CCO)CC2)Cc2ccccc2)CCCC1. The summed E-state index contributed by atoms with van der Waals surface area (Å²) < 4.78 is 0. The van der Waals surface area contributed by atoms with Crippen LogP contribution in [0.4, 0.5) is 0 Å². The molecule has 32 heavy (non-hydrogen) atoms. The minimum absolute atomic E-state index is 0.102. The molecule has 1 aromatic carbocycles. The van der Waals surface area contributed by atoms with Crippen molar-refractivity contribution >= 4 is 17.7 Å². The number of hydrogen-bond acceptors (Lipinski definition) is 4. The van der Waals surface area contributed by atoms with E-state index in [1.54, 1.807) is 0 Å². The largest absolute Gasteiger partial charge is 0.396 e. The first-order valence-corrected chi connectivity index (χ1v) is 12.0. The summed E-state index contributed by atoms with van der Waals surface area (Å²) in [4.78, 5) is 40.0. The van der Waals surface area contributed by atoms with Gasteiger partial charge in [-0.05, 0) is 56.4 Å². The Bertz CT molecular complexity index is 769. The van der Waals surface area contributed by atoms with Crippen LogP contribution < -0.4 is 11.1 Å². The summed E-state index contributed by atoms with van der Waals surface area (Å²) >= 11 is 0. The zero-order chi connectivity index (χ0) is 23.0. The molecule has 1 atom stereocenters. The van der Waals surface area contributed by atoms with Crippen LogP contribution in [0.25, 0.3) is 0 Å². The number of rotatable bonds is 10. The number of carbonyl (C=O) groups is 3. The molecule has 3 rings (SSSR count). The fraction of sp³-hybridized carbons (Fsp3) is 0.640. The number of primary amides is 1. The number of nitrogens with two attached hydrogens (primary N) is 1. The molecular formula is C25H37N3O4. The summed E-state index contributed by atoms with van der Waals surface area (Å²) in [5.41, 5.74) is 5.60. The number of benzene rings is 1. The van der Waals surface area contributed by atoms with E-state index in [0.717, 1.165) is 50.8 Å². The predicted octanol–water partition coefficient (Wildman–Crippen LogP) is 2.16. The molecule has 7 heteroatoms. The fourth-order valence-electron chi connectivity index (χ4n) is 5.12. The highest BCUT2D eigenvalue weighted by molar-refractivity contribution is 6.04. The summed E-state index contributed by atoms with van der Waals surface area (Å²) in [5.74, 6) is -0.246. The van der Waals surface area contributed by atoms with Crippen molar-refractivity contribution in [3.63, 3.8) is 0 Å². The highest BCUT2D eigenvalue weighted by atomic mass is 16.3. The van der Waals surface area contributed by atoms with Gasteiger partial charge in [-0.15, -0.1) is 0 Å². The lowest BCUT2D eigenvalue weighted by Crippen LogP contribution is -2.51. The number of aliphatic hydroxyl groups excluding tert-OH is 1. The zero-order valence-corrected chi connectivity index (χ0v) is 18.9. The maximum atomic E-state index is 13.1. The molecule has 2 aliphatic rings. The maximum absolute atomic E-state index is 13.1. The van der Waals surface area contributed by atoms with Crippen LogP contribution in [-0.4, -0.2) is 53.5 Å². The number of piperidine rings is 1. The number of carbonyl (C=O) groups excluding carboxylic acids is 3. The van der Waals surface area contributed by atoms with Gasteiger partial charge in [0.2, 0.25) is 17.7 Å². The Morgan fingerprint density at radius 2 is 1.78 bits per heavy atom. The minimum Gasteiger partial charge on any atom is -0.396 e. The third-order valence-corrected chi connectivity index (χ3v) is 7.23. The van der Waals surface area contributed by atoms with Crippen LogP contribution in [-0.2, 0) is 20.8 Å². The molecule has 176 valence electrons. The molecule has 3 amide bonds. The number of nitrogens with one attached hydrogen (secondary N) is 1. The lowest BCUT2D eigenvalue weighted by molar-refractivity contribution is -0.142. The first-order chi connectivity index (χ1) is 15.4. The second kappa shape index (κ2) is 11.5. The first-order valence-electron chi connectivity index (χ1n) is 12.0. The average molecular weight is 444 g/mol. The molecule has 1 heterocycles. The van der Waals surface area contributed by atoms with Gasteiger partial charge in [0.25, 0.3) is 0 Å². The predicted molar refractivity (Wildman–Crippen MR) is 122 cm³/mol. The average Bonchev–Trinajstić information content (AvgIpc) is 3.30. The Hall–Kier alpha value is -2.41. The van der Waals surface area contributed by atoms with E-state index < -0.39 is 11.3 Å². The quantitative estimate of drug-likeness (QED) is 0.481. The molecule has 1 aliphatic carbocycles. The van der Waals surface area contributed by atoms with Crippen LogP contribution in [0.3, 0.4) is 0 Å². The van der Waals surface area contributed by atoms with Crippen LogP contribution in [0, 0.1) is 11.3 Å². The fourth-order valence-corrected chi connectivity index (χ4v) is 5.12. The van der Waals surface area contributed by atoms with E-state index in [1.165, 1.54) is 0 Å². The molecule has 7 nitrogen and oxygen atoms in total. The van der Waals surface area contributed by atoms with Gasteiger partial charge in [0, 0.05) is 32.2 Å². The van der Waals surface area contributed by atoms with E-state index in [-0.39, 0.29) is 24.5 Å². The van der Waals surface area contributed by atoms with Gasteiger partial charge in [0.05, 0.1) is 0 Å². The molecule has 0 spiro atoms. The zero-order valence-electron chi connectivity index (χ0n) is 18.9. The van der Waals surface area contributed by atoms with Crippen molar-refractivity contribution in [2.24, 2.45) is 17.1 Å². The first kappa shape index (κ1) is 24.2. The lowest BCUT2D eigenvalue weighted by Gasteiger charge is -2.32. The van der Waals surface area contributed by atoms with Crippen LogP contribution in [0.5, 0.6) is 0 Å². The van der Waals surface area contributed by atoms with E-state index in [1.807, 2.05) is 35.2 Å². The van der Waals surface area contributed by atoms with Crippen LogP contribution in [0.15, 0.2) is 30.3 Å². The molecular weight excluding hydrogens is 406 g/mol. The van der Waals surface area contributed by atoms with Gasteiger partial charge in [0.1, 0.15) is 5.41 Å². The van der Waals surface area contributed by atoms with E-state index in [4.69, 9.17) is 10.8 Å². The third-order valence-electron chi connectivity index (χ3n) is 7.23. The van der Waals surface area contributed by atoms with E-state index in [0.29, 0.717) is 38.0 Å². The highest BCUT2D eigenvalue weighted by Gasteiger charge is 2.47. The molecule has 1 aromatic rings. The van der Waals surface area contributed by atoms with Gasteiger partial charge >= 0.3 is 0 Å². The van der Waals surface area contributed by atoms with Gasteiger partial charge in [-0.25, -0.2) is 0 Å². The van der Waals surface area contributed by atoms with Crippen molar-refractivity contribution in [3.8, 4) is 0 Å². The summed E-state index contributed by atoms with van der Waals surface area (Å²) in [6.45, 7) is 1.65. The van der Waals surface area contributed by atoms with Gasteiger partial charge in [-0.1, -0.05) is 43.2 Å². The van der Waals surface area contributed by atoms with Gasteiger partial charge in [-0.3, -0.25) is 14.4 Å². The Kier molecular flexibility index (Phi) is 8.67. The summed E-state index contributed by atoms with van der Waals surface area (Å²) in [6, 6.07) is 9.63. The van der Waals surface area contributed by atoms with E-state index in [9.17, 15) is 14.4 Å². The molecule has 2 fully saturated rings. The normalized spacial score (nSPS) is 19.5. The van der Waals surface area contributed by atoms with E-state index >= 15 is 0 Å². The Morgan fingerprint density at radius 3 is 2.38 bits per heavy atom. The summed E-state index contributed by atoms with van der Waals surface area (Å²) in [7, 11) is 0. The van der Waals surface area contributed by atoms with Crippen molar-refractivity contribution < 1.29 is 19.5 Å². The third kappa shape index (κ3) is 6.09. The van der Waals surface area contributed by atoms with Crippen molar-refractivity contribution in [1.82, 2.24) is 10.2 Å². The minimum atomic E-state index is -1.12. The number of likely N-dealkylation sites (tertiary alicyclic amines) is 1. The number of hydrogen-bond donors (Lipinski definition) is 3. The van der Waals surface area contributed by atoms with Crippen LogP contribution >= 0.6 is 0 Å². The van der Waals surface area contributed by atoms with Crippen LogP contribution in [0.1, 0.15) is 63.4 Å². The Balaban J connectivity index is 1.61. The number of amides is 3. The van der Waals surface area contributed by atoms with Gasteiger partial charge < -0.3 is 21.1 Å². The number of aliphatic hydroxyl groups is 1. The summed E-state index contributed by atoms with van der Waals surface area (Å²) in [5, 5.41) is 12.2. The second-order valence-electron chi connectivity index (χ2n) is 9.39. The van der Waals surface area contributed by atoms with Crippen molar-refractivity contribution in [1.29, 1.82) is 0 Å². The van der Waals surface area contributed by atoms with Crippen molar-refractivity contribution in [2.45, 2.75) is 70.3 Å². The lowest BCUT2D eigenvalue weighted by atomic mass is 9.83.